The molecular weight excluding hydrogens is 511 g/mol. The second-order valence-corrected chi connectivity index (χ2v) is 18.7. The maximum atomic E-state index is 7.14. The maximum absolute atomic E-state index is 7.14. The standard InChI is InChI=1S/2C11H16O.2C4H9.Sn/c2*1-2-3-4-7-10-8-5-6-9-11(10)12;2*1-3-4-2;/h2*5-6,8-9,12H,2-4,7H2,1H3;2*1,3-4H2,2H3;/q;;;;+2/p-2. The zero-order valence-electron chi connectivity index (χ0n) is 21.8. The van der Waals surface area contributed by atoms with Crippen LogP contribution in [0.15, 0.2) is 48.5 Å². The number of aryl methyl sites for hydroxylation is 2. The van der Waals surface area contributed by atoms with Crippen LogP contribution in [0.3, 0.4) is 0 Å². The van der Waals surface area contributed by atoms with E-state index in [1.54, 1.807) is 0 Å². The average Bonchev–Trinajstić information content (AvgIpc) is 2.84. The van der Waals surface area contributed by atoms with Gasteiger partial charge in [-0.15, -0.1) is 0 Å². The summed E-state index contributed by atoms with van der Waals surface area (Å²) in [6.07, 6.45) is 14.4. The molecule has 0 radical (unpaired) electrons. The van der Waals surface area contributed by atoms with E-state index in [0.717, 1.165) is 33.2 Å². The van der Waals surface area contributed by atoms with Crippen molar-refractivity contribution < 1.29 is 6.15 Å². The van der Waals surface area contributed by atoms with Gasteiger partial charge in [0.2, 0.25) is 0 Å². The second kappa shape index (κ2) is 16.5. The van der Waals surface area contributed by atoms with E-state index in [-0.39, 0.29) is 0 Å². The molecule has 0 aliphatic heterocycles. The van der Waals surface area contributed by atoms with Gasteiger partial charge in [0.05, 0.1) is 0 Å². The van der Waals surface area contributed by atoms with Crippen molar-refractivity contribution in [1.29, 1.82) is 0 Å². The van der Waals surface area contributed by atoms with Gasteiger partial charge in [-0.25, -0.2) is 0 Å². The van der Waals surface area contributed by atoms with Crippen LogP contribution < -0.4 is 6.15 Å². The van der Waals surface area contributed by atoms with Gasteiger partial charge in [0.15, 0.2) is 0 Å². The van der Waals surface area contributed by atoms with E-state index < -0.39 is 19.2 Å². The summed E-state index contributed by atoms with van der Waals surface area (Å²) in [4.78, 5) is 0. The third kappa shape index (κ3) is 9.92. The van der Waals surface area contributed by atoms with E-state index in [1.165, 1.54) is 75.3 Å². The van der Waals surface area contributed by atoms with Gasteiger partial charge < -0.3 is 0 Å². The number of unbranched alkanes of at least 4 members (excludes halogenated alkanes) is 6. The summed E-state index contributed by atoms with van der Waals surface area (Å²) in [7, 11) is 0. The van der Waals surface area contributed by atoms with Gasteiger partial charge in [0.1, 0.15) is 0 Å². The molecule has 0 bridgehead atoms. The van der Waals surface area contributed by atoms with Gasteiger partial charge >= 0.3 is 210 Å². The number of benzene rings is 2. The summed E-state index contributed by atoms with van der Waals surface area (Å²) in [5.74, 6) is 2.19. The van der Waals surface area contributed by atoms with Crippen molar-refractivity contribution in [3.05, 3.63) is 59.7 Å². The normalized spacial score (nSPS) is 11.5. The number of hydrogen-bond acceptors (Lipinski definition) is 2. The van der Waals surface area contributed by atoms with E-state index in [2.05, 4.69) is 76.2 Å². The molecule has 2 aromatic carbocycles. The minimum absolute atomic E-state index is 1.10. The Hall–Kier alpha value is -1.16. The van der Waals surface area contributed by atoms with E-state index >= 15 is 0 Å². The van der Waals surface area contributed by atoms with Gasteiger partial charge in [-0.05, 0) is 0 Å². The molecule has 0 unspecified atom stereocenters. The monoisotopic (exact) mass is 560 g/mol. The molecular formula is C30H48O2Sn. The zero-order chi connectivity index (χ0) is 23.8. The number of hydrogen-bond donors (Lipinski definition) is 0. The number of para-hydroxylation sites is 2. The Bertz CT molecular complexity index is 708. The molecule has 0 saturated carbocycles. The summed E-state index contributed by atoms with van der Waals surface area (Å²) in [5.41, 5.74) is 2.72. The van der Waals surface area contributed by atoms with Crippen LogP contribution in [0.25, 0.3) is 0 Å². The Morgan fingerprint density at radius 2 is 0.909 bits per heavy atom. The van der Waals surface area contributed by atoms with Crippen molar-refractivity contribution in [3.63, 3.8) is 0 Å². The van der Waals surface area contributed by atoms with Gasteiger partial charge in [0, 0.05) is 0 Å². The second-order valence-electron chi connectivity index (χ2n) is 9.45. The molecule has 0 fully saturated rings. The fourth-order valence-electron chi connectivity index (χ4n) is 4.39. The summed E-state index contributed by atoms with van der Waals surface area (Å²) < 4.78 is 16.5. The first-order chi connectivity index (χ1) is 16.2. The molecule has 2 nitrogen and oxygen atoms in total. The van der Waals surface area contributed by atoms with E-state index in [1.807, 2.05) is 0 Å². The predicted molar refractivity (Wildman–Crippen MR) is 146 cm³/mol. The fraction of sp³-hybridized carbons (Fsp3) is 0.600. The summed E-state index contributed by atoms with van der Waals surface area (Å²) in [6, 6.07) is 17.5. The topological polar surface area (TPSA) is 18.5 Å². The van der Waals surface area contributed by atoms with Gasteiger partial charge in [-0.1, -0.05) is 0 Å². The van der Waals surface area contributed by atoms with Crippen LogP contribution in [-0.4, -0.2) is 19.2 Å². The molecule has 0 amide bonds. The van der Waals surface area contributed by atoms with Gasteiger partial charge in [0.25, 0.3) is 0 Å². The van der Waals surface area contributed by atoms with Crippen molar-refractivity contribution in [2.45, 2.75) is 114 Å². The molecule has 0 saturated heterocycles. The van der Waals surface area contributed by atoms with Crippen molar-refractivity contribution in [3.8, 4) is 11.5 Å². The quantitative estimate of drug-likeness (QED) is 0.134. The summed E-state index contributed by atoms with van der Waals surface area (Å²) in [6.45, 7) is 9.11. The molecule has 0 atom stereocenters. The minimum atomic E-state index is -3.43. The van der Waals surface area contributed by atoms with Gasteiger partial charge in [-0.2, -0.15) is 0 Å². The van der Waals surface area contributed by atoms with Crippen LogP contribution in [0.2, 0.25) is 8.87 Å². The molecule has 2 aromatic rings. The molecule has 3 heteroatoms. The van der Waals surface area contributed by atoms with Crippen LogP contribution in [0, 0.1) is 0 Å². The van der Waals surface area contributed by atoms with Crippen LogP contribution in [0.1, 0.15) is 103 Å². The third-order valence-corrected chi connectivity index (χ3v) is 16.2. The fourth-order valence-corrected chi connectivity index (χ4v) is 14.9. The van der Waals surface area contributed by atoms with Crippen molar-refractivity contribution in [1.82, 2.24) is 0 Å². The van der Waals surface area contributed by atoms with Crippen molar-refractivity contribution >= 4 is 19.2 Å². The molecule has 33 heavy (non-hydrogen) atoms. The van der Waals surface area contributed by atoms with Crippen LogP contribution in [0.5, 0.6) is 11.5 Å². The van der Waals surface area contributed by atoms with E-state index in [9.17, 15) is 0 Å². The average molecular weight is 559 g/mol. The van der Waals surface area contributed by atoms with Crippen LogP contribution in [-0.2, 0) is 12.8 Å². The SMILES string of the molecule is CCCCCc1ccccc1[O][Sn]([CH2]CCC)([CH2]CCC)[O]c1ccccc1CCCCC. The molecule has 184 valence electrons. The van der Waals surface area contributed by atoms with E-state index in [0.29, 0.717) is 0 Å². The Morgan fingerprint density at radius 1 is 0.515 bits per heavy atom. The molecule has 0 heterocycles. The van der Waals surface area contributed by atoms with Crippen molar-refractivity contribution in [2.24, 2.45) is 0 Å². The molecule has 2 rings (SSSR count). The predicted octanol–water partition coefficient (Wildman–Crippen LogP) is 9.65. The first-order valence-corrected chi connectivity index (χ1v) is 20.1. The summed E-state index contributed by atoms with van der Waals surface area (Å²) >= 11 is -3.43. The first kappa shape index (κ1) is 28.1. The number of rotatable bonds is 18. The third-order valence-electron chi connectivity index (χ3n) is 6.46. The van der Waals surface area contributed by atoms with Crippen LogP contribution in [0.4, 0.5) is 0 Å². The van der Waals surface area contributed by atoms with Crippen molar-refractivity contribution in [2.75, 3.05) is 0 Å². The molecule has 0 aromatic heterocycles. The van der Waals surface area contributed by atoms with Gasteiger partial charge in [-0.3, -0.25) is 0 Å². The molecule has 0 N–H and O–H groups in total. The molecule has 0 aliphatic carbocycles. The molecule has 0 aliphatic rings. The first-order valence-electron chi connectivity index (χ1n) is 13.7. The summed E-state index contributed by atoms with van der Waals surface area (Å²) in [5, 5.41) is 0. The Balaban J connectivity index is 2.35. The van der Waals surface area contributed by atoms with E-state index in [4.69, 9.17) is 6.15 Å². The Labute approximate surface area is 209 Å². The Morgan fingerprint density at radius 3 is 1.30 bits per heavy atom. The van der Waals surface area contributed by atoms with Crippen LogP contribution >= 0.6 is 0 Å². The molecule has 0 spiro atoms. The Kier molecular flexibility index (Phi) is 14.0. The zero-order valence-corrected chi connectivity index (χ0v) is 24.7.